The van der Waals surface area contributed by atoms with E-state index >= 15 is 0 Å². The van der Waals surface area contributed by atoms with Crippen LogP contribution in [0.2, 0.25) is 0 Å². The summed E-state index contributed by atoms with van der Waals surface area (Å²) in [6, 6.07) is 12.2. The van der Waals surface area contributed by atoms with E-state index in [2.05, 4.69) is 20.8 Å². The normalized spacial score (nSPS) is 20.4. The van der Waals surface area contributed by atoms with Crippen LogP contribution in [0.3, 0.4) is 0 Å². The summed E-state index contributed by atoms with van der Waals surface area (Å²) in [5.74, 6) is -0.706. The summed E-state index contributed by atoms with van der Waals surface area (Å²) < 4.78 is 11.9. The van der Waals surface area contributed by atoms with Gasteiger partial charge in [-0.05, 0) is 61.7 Å². The molecule has 0 bridgehead atoms. The van der Waals surface area contributed by atoms with Gasteiger partial charge in [-0.15, -0.1) is 0 Å². The van der Waals surface area contributed by atoms with Crippen molar-refractivity contribution in [2.75, 3.05) is 46.0 Å². The summed E-state index contributed by atoms with van der Waals surface area (Å²) in [7, 11) is 0. The first kappa shape index (κ1) is 25.4. The lowest BCUT2D eigenvalue weighted by Gasteiger charge is -2.29. The van der Waals surface area contributed by atoms with Crippen LogP contribution in [-0.4, -0.2) is 72.6 Å². The van der Waals surface area contributed by atoms with Gasteiger partial charge < -0.3 is 19.5 Å². The summed E-state index contributed by atoms with van der Waals surface area (Å²) in [5.41, 5.74) is 2.18. The number of aryl methyl sites for hydroxylation is 1. The molecule has 2 heterocycles. The molecule has 0 radical (unpaired) electrons. The molecule has 2 saturated heterocycles. The van der Waals surface area contributed by atoms with Crippen LogP contribution in [0.1, 0.15) is 36.1 Å². The number of amides is 1. The Morgan fingerprint density at radius 1 is 1.11 bits per heavy atom. The van der Waals surface area contributed by atoms with E-state index in [1.165, 1.54) is 0 Å². The Balaban J connectivity index is 1.68. The summed E-state index contributed by atoms with van der Waals surface area (Å²) in [5, 5.41) is 11.4. The molecule has 1 unspecified atom stereocenters. The van der Waals surface area contributed by atoms with E-state index in [-0.39, 0.29) is 11.3 Å². The summed E-state index contributed by atoms with van der Waals surface area (Å²) in [6.07, 6.45) is 0.724. The smallest absolute Gasteiger partial charge is 0.295 e. The van der Waals surface area contributed by atoms with Crippen LogP contribution < -0.4 is 4.74 Å². The first-order valence-electron chi connectivity index (χ1n) is 12.0. The van der Waals surface area contributed by atoms with Crippen LogP contribution in [0.4, 0.5) is 0 Å². The number of ether oxygens (including phenoxy) is 2. The molecule has 35 heavy (non-hydrogen) atoms. The number of carbonyl (C=O) groups excluding carboxylic acids is 2. The lowest BCUT2D eigenvalue weighted by Crippen LogP contribution is -2.38. The monoisotopic (exact) mass is 542 g/mol. The molecule has 0 spiro atoms. The van der Waals surface area contributed by atoms with E-state index in [1.807, 2.05) is 44.2 Å². The van der Waals surface area contributed by atoms with Crippen molar-refractivity contribution in [2.24, 2.45) is 0 Å². The number of aliphatic hydroxyl groups excluding tert-OH is 1. The largest absolute Gasteiger partial charge is 0.507 e. The molecule has 2 fully saturated rings. The van der Waals surface area contributed by atoms with E-state index in [4.69, 9.17) is 9.47 Å². The molecular formula is C27H31BrN2O5. The minimum atomic E-state index is -0.657. The Hall–Kier alpha value is -2.68. The van der Waals surface area contributed by atoms with Crippen molar-refractivity contribution in [1.29, 1.82) is 0 Å². The van der Waals surface area contributed by atoms with Gasteiger partial charge in [-0.2, -0.15) is 0 Å². The zero-order valence-corrected chi connectivity index (χ0v) is 21.7. The van der Waals surface area contributed by atoms with E-state index in [9.17, 15) is 14.7 Å². The van der Waals surface area contributed by atoms with Crippen molar-refractivity contribution in [3.8, 4) is 5.75 Å². The summed E-state index contributed by atoms with van der Waals surface area (Å²) >= 11 is 3.45. The topological polar surface area (TPSA) is 79.3 Å². The molecule has 1 amide bonds. The van der Waals surface area contributed by atoms with Crippen LogP contribution in [0.25, 0.3) is 5.76 Å². The highest BCUT2D eigenvalue weighted by Crippen LogP contribution is 2.40. The number of carbonyl (C=O) groups is 2. The van der Waals surface area contributed by atoms with Gasteiger partial charge in [0.15, 0.2) is 0 Å². The Kier molecular flexibility index (Phi) is 8.26. The van der Waals surface area contributed by atoms with E-state index in [0.29, 0.717) is 37.7 Å². The average molecular weight is 543 g/mol. The van der Waals surface area contributed by atoms with Crippen LogP contribution >= 0.6 is 15.9 Å². The molecule has 0 aliphatic carbocycles. The van der Waals surface area contributed by atoms with Gasteiger partial charge in [0.1, 0.15) is 11.5 Å². The first-order valence-corrected chi connectivity index (χ1v) is 12.8. The molecule has 1 atom stereocenters. The van der Waals surface area contributed by atoms with Crippen molar-refractivity contribution in [3.63, 3.8) is 0 Å². The first-order chi connectivity index (χ1) is 16.9. The molecule has 2 aromatic carbocycles. The lowest BCUT2D eigenvalue weighted by molar-refractivity contribution is -0.140. The number of hydrogen-bond donors (Lipinski definition) is 1. The SMILES string of the molecule is CCOc1ccc(/C(O)=C2\C(=O)C(=O)N(CCCN3CCOCC3)C2c2ccc(Br)cc2)c(C)c1. The van der Waals surface area contributed by atoms with Gasteiger partial charge in [0, 0.05) is 36.2 Å². The van der Waals surface area contributed by atoms with Gasteiger partial charge in [0.2, 0.25) is 0 Å². The molecule has 2 aliphatic rings. The number of morpholine rings is 1. The van der Waals surface area contributed by atoms with Gasteiger partial charge in [-0.25, -0.2) is 0 Å². The second-order valence-electron chi connectivity index (χ2n) is 8.76. The maximum Gasteiger partial charge on any atom is 0.295 e. The van der Waals surface area contributed by atoms with Crippen molar-refractivity contribution in [3.05, 3.63) is 69.2 Å². The van der Waals surface area contributed by atoms with Gasteiger partial charge in [-0.1, -0.05) is 28.1 Å². The molecule has 0 aromatic heterocycles. The fourth-order valence-electron chi connectivity index (χ4n) is 4.70. The molecule has 0 saturated carbocycles. The molecule has 1 N–H and O–H groups in total. The number of aliphatic hydroxyl groups is 1. The second kappa shape index (κ2) is 11.4. The van der Waals surface area contributed by atoms with Crippen LogP contribution in [0, 0.1) is 6.92 Å². The van der Waals surface area contributed by atoms with E-state index in [0.717, 1.165) is 41.7 Å². The Morgan fingerprint density at radius 3 is 2.49 bits per heavy atom. The number of benzene rings is 2. The maximum absolute atomic E-state index is 13.3. The highest BCUT2D eigenvalue weighted by Gasteiger charge is 2.46. The molecule has 2 aliphatic heterocycles. The third kappa shape index (κ3) is 5.60. The Bertz CT molecular complexity index is 1110. The predicted molar refractivity (Wildman–Crippen MR) is 137 cm³/mol. The van der Waals surface area contributed by atoms with Gasteiger partial charge in [0.25, 0.3) is 11.7 Å². The number of rotatable bonds is 8. The van der Waals surface area contributed by atoms with Crippen molar-refractivity contribution in [2.45, 2.75) is 26.3 Å². The Morgan fingerprint density at radius 2 is 1.83 bits per heavy atom. The molecule has 2 aromatic rings. The third-order valence-electron chi connectivity index (χ3n) is 6.47. The van der Waals surface area contributed by atoms with Crippen LogP contribution in [-0.2, 0) is 14.3 Å². The molecule has 8 heteroatoms. The molecule has 4 rings (SSSR count). The predicted octanol–water partition coefficient (Wildman–Crippen LogP) is 4.30. The number of nitrogens with zero attached hydrogens (tertiary/aromatic N) is 2. The van der Waals surface area contributed by atoms with Gasteiger partial charge in [-0.3, -0.25) is 14.5 Å². The van der Waals surface area contributed by atoms with Crippen LogP contribution in [0.15, 0.2) is 52.5 Å². The third-order valence-corrected chi connectivity index (χ3v) is 7.00. The standard InChI is InChI=1S/C27H31BrN2O5/c1-3-35-21-9-10-22(18(2)17-21)25(31)23-24(19-5-7-20(28)8-6-19)30(27(33)26(23)32)12-4-11-29-13-15-34-16-14-29/h5-10,17,24,31H,3-4,11-16H2,1-2H3/b25-23+. The minimum absolute atomic E-state index is 0.121. The molecule has 7 nitrogen and oxygen atoms in total. The van der Waals surface area contributed by atoms with Crippen molar-refractivity contribution < 1.29 is 24.2 Å². The van der Waals surface area contributed by atoms with Crippen molar-refractivity contribution >= 4 is 33.4 Å². The zero-order chi connectivity index (χ0) is 24.9. The van der Waals surface area contributed by atoms with E-state index < -0.39 is 17.7 Å². The summed E-state index contributed by atoms with van der Waals surface area (Å²) in [6.45, 7) is 8.68. The summed E-state index contributed by atoms with van der Waals surface area (Å²) in [4.78, 5) is 30.3. The fraction of sp³-hybridized carbons (Fsp3) is 0.407. The number of ketones is 1. The number of halogens is 1. The molecular weight excluding hydrogens is 512 g/mol. The fourth-order valence-corrected chi connectivity index (χ4v) is 4.96. The Labute approximate surface area is 214 Å². The van der Waals surface area contributed by atoms with E-state index in [1.54, 1.807) is 17.0 Å². The number of Topliss-reactive ketones (excluding diaryl/α,β-unsaturated/α-hetero) is 1. The lowest BCUT2D eigenvalue weighted by atomic mass is 9.94. The second-order valence-corrected chi connectivity index (χ2v) is 9.68. The van der Waals surface area contributed by atoms with Crippen molar-refractivity contribution in [1.82, 2.24) is 9.80 Å². The highest BCUT2D eigenvalue weighted by molar-refractivity contribution is 9.10. The quantitative estimate of drug-likeness (QED) is 0.304. The highest BCUT2D eigenvalue weighted by atomic mass is 79.9. The maximum atomic E-state index is 13.3. The number of likely N-dealkylation sites (tertiary alicyclic amines) is 1. The van der Waals surface area contributed by atoms with Crippen LogP contribution in [0.5, 0.6) is 5.75 Å². The van der Waals surface area contributed by atoms with Gasteiger partial charge in [0.05, 0.1) is 31.4 Å². The number of hydrogen-bond acceptors (Lipinski definition) is 6. The molecule has 186 valence electrons. The average Bonchev–Trinajstić information content (AvgIpc) is 3.10. The zero-order valence-electron chi connectivity index (χ0n) is 20.1. The minimum Gasteiger partial charge on any atom is -0.507 e. The van der Waals surface area contributed by atoms with Gasteiger partial charge >= 0.3 is 0 Å².